The van der Waals surface area contributed by atoms with Gasteiger partial charge in [0.2, 0.25) is 5.95 Å². The molecule has 4 rings (SSSR count). The molecule has 0 amide bonds. The lowest BCUT2D eigenvalue weighted by molar-refractivity contribution is 0.602. The lowest BCUT2D eigenvalue weighted by atomic mass is 10.3. The number of halogens is 1. The van der Waals surface area contributed by atoms with Crippen molar-refractivity contribution in [1.29, 1.82) is 0 Å². The number of aromatic nitrogens is 3. The minimum absolute atomic E-state index is 0.256. The highest BCUT2D eigenvalue weighted by molar-refractivity contribution is 7.90. The Bertz CT molecular complexity index is 1300. The molecule has 0 saturated heterocycles. The third kappa shape index (κ3) is 4.47. The highest BCUT2D eigenvalue weighted by atomic mass is 35.5. The minimum Gasteiger partial charge on any atom is -0.324 e. The monoisotopic (exact) mass is 445 g/mol. The lowest BCUT2D eigenvalue weighted by Crippen LogP contribution is -2.03. The number of sulfone groups is 1. The number of hydrogen-bond acceptors (Lipinski definition) is 8. The molecule has 29 heavy (non-hydrogen) atoms. The van der Waals surface area contributed by atoms with Crippen molar-refractivity contribution in [2.45, 2.75) is 11.8 Å². The van der Waals surface area contributed by atoms with E-state index in [-0.39, 0.29) is 4.90 Å². The molecule has 0 fully saturated rings. The van der Waals surface area contributed by atoms with Gasteiger partial charge in [0, 0.05) is 28.7 Å². The summed E-state index contributed by atoms with van der Waals surface area (Å²) in [5.41, 5.74) is 2.40. The molecule has 10 heteroatoms. The number of hydrogen-bond donors (Lipinski definition) is 2. The van der Waals surface area contributed by atoms with Crippen LogP contribution in [0, 0.1) is 6.92 Å². The number of benzene rings is 2. The first-order chi connectivity index (χ1) is 13.8. The summed E-state index contributed by atoms with van der Waals surface area (Å²) in [6, 6.07) is 12.0. The van der Waals surface area contributed by atoms with Crippen molar-refractivity contribution in [3.05, 3.63) is 59.2 Å². The van der Waals surface area contributed by atoms with Crippen LogP contribution >= 0.6 is 22.9 Å². The first kappa shape index (κ1) is 19.6. The van der Waals surface area contributed by atoms with Crippen LogP contribution in [0.2, 0.25) is 5.02 Å². The molecule has 0 saturated carbocycles. The Morgan fingerprint density at radius 2 is 1.79 bits per heavy atom. The van der Waals surface area contributed by atoms with E-state index in [2.05, 4.69) is 25.6 Å². The van der Waals surface area contributed by atoms with Crippen molar-refractivity contribution in [3.63, 3.8) is 0 Å². The minimum atomic E-state index is -3.24. The van der Waals surface area contributed by atoms with Gasteiger partial charge in [-0.3, -0.25) is 0 Å². The van der Waals surface area contributed by atoms with Gasteiger partial charge in [-0.1, -0.05) is 22.9 Å². The van der Waals surface area contributed by atoms with Gasteiger partial charge < -0.3 is 10.6 Å². The van der Waals surface area contributed by atoms with Gasteiger partial charge in [0.15, 0.2) is 15.0 Å². The van der Waals surface area contributed by atoms with Gasteiger partial charge in [-0.25, -0.2) is 18.4 Å². The molecular weight excluding hydrogens is 430 g/mol. The first-order valence-electron chi connectivity index (χ1n) is 8.52. The van der Waals surface area contributed by atoms with Crippen molar-refractivity contribution in [3.8, 4) is 0 Å². The summed E-state index contributed by atoms with van der Waals surface area (Å²) in [6.45, 7) is 1.90. The maximum absolute atomic E-state index is 11.6. The summed E-state index contributed by atoms with van der Waals surface area (Å²) in [5, 5.41) is 7.68. The second kappa shape index (κ2) is 7.58. The van der Waals surface area contributed by atoms with Gasteiger partial charge in [-0.2, -0.15) is 4.98 Å². The van der Waals surface area contributed by atoms with Crippen molar-refractivity contribution in [2.24, 2.45) is 0 Å². The summed E-state index contributed by atoms with van der Waals surface area (Å²) >= 11 is 7.53. The van der Waals surface area contributed by atoms with Gasteiger partial charge in [-0.15, -0.1) is 0 Å². The van der Waals surface area contributed by atoms with Gasteiger partial charge in [0.1, 0.15) is 5.82 Å². The average Bonchev–Trinajstić information content (AvgIpc) is 3.05. The van der Waals surface area contributed by atoms with Crippen LogP contribution in [0.4, 0.5) is 22.6 Å². The zero-order valence-corrected chi connectivity index (χ0v) is 17.9. The van der Waals surface area contributed by atoms with Crippen molar-refractivity contribution in [1.82, 2.24) is 15.0 Å². The Hall–Kier alpha value is -2.75. The first-order valence-corrected chi connectivity index (χ1v) is 11.6. The molecule has 0 aliphatic carbocycles. The van der Waals surface area contributed by atoms with E-state index in [1.54, 1.807) is 24.4 Å². The Labute approximate surface area is 176 Å². The van der Waals surface area contributed by atoms with E-state index in [0.29, 0.717) is 27.6 Å². The third-order valence-corrected chi connectivity index (χ3v) is 6.38. The molecule has 7 nitrogen and oxygen atoms in total. The Morgan fingerprint density at radius 3 is 2.52 bits per heavy atom. The summed E-state index contributed by atoms with van der Waals surface area (Å²) in [5.74, 6) is 1.01. The molecule has 0 aliphatic heterocycles. The van der Waals surface area contributed by atoms with Crippen molar-refractivity contribution >= 4 is 65.6 Å². The van der Waals surface area contributed by atoms with E-state index in [4.69, 9.17) is 11.6 Å². The van der Waals surface area contributed by atoms with E-state index in [1.165, 1.54) is 29.7 Å². The Morgan fingerprint density at radius 1 is 1.03 bits per heavy atom. The number of nitrogens with one attached hydrogen (secondary N) is 2. The van der Waals surface area contributed by atoms with Gasteiger partial charge in [0.25, 0.3) is 0 Å². The fraction of sp³-hybridized carbons (Fsp3) is 0.105. The molecule has 2 aromatic carbocycles. The molecule has 0 unspecified atom stereocenters. The number of thiazole rings is 1. The van der Waals surface area contributed by atoms with Crippen molar-refractivity contribution < 1.29 is 8.42 Å². The molecule has 0 spiro atoms. The lowest BCUT2D eigenvalue weighted by Gasteiger charge is -2.09. The standard InChI is InChI=1S/C19H16ClN5O2S2/c1-11-10-21-18(22-13-4-6-14(7-5-13)29(2,26)27)24-17(11)25-19-23-15-8-3-12(20)9-16(15)28-19/h3-10H,1-2H3,(H2,21,22,23,24,25). The summed E-state index contributed by atoms with van der Waals surface area (Å²) in [7, 11) is -3.24. The fourth-order valence-corrected chi connectivity index (χ4v) is 4.37. The number of rotatable bonds is 5. The van der Waals surface area contributed by atoms with Crippen molar-refractivity contribution in [2.75, 3.05) is 16.9 Å². The predicted molar refractivity (Wildman–Crippen MR) is 118 cm³/mol. The molecule has 2 N–H and O–H groups in total. The largest absolute Gasteiger partial charge is 0.324 e. The summed E-state index contributed by atoms with van der Waals surface area (Å²) in [6.07, 6.45) is 2.87. The molecule has 148 valence electrons. The highest BCUT2D eigenvalue weighted by Gasteiger charge is 2.10. The van der Waals surface area contributed by atoms with E-state index in [9.17, 15) is 8.42 Å². The van der Waals surface area contributed by atoms with Crippen LogP contribution in [-0.2, 0) is 9.84 Å². The van der Waals surface area contributed by atoms with Crippen LogP contribution in [0.3, 0.4) is 0 Å². The third-order valence-electron chi connectivity index (χ3n) is 4.09. The second-order valence-corrected chi connectivity index (χ2v) is 9.89. The maximum atomic E-state index is 11.6. The number of nitrogens with zero attached hydrogens (tertiary/aromatic N) is 3. The molecule has 0 aliphatic rings. The Kier molecular flexibility index (Phi) is 5.12. The molecule has 2 heterocycles. The number of aryl methyl sites for hydroxylation is 1. The topological polar surface area (TPSA) is 96.9 Å². The van der Waals surface area contributed by atoms with Gasteiger partial charge in [0.05, 0.1) is 15.1 Å². The van der Waals surface area contributed by atoms with Crippen LogP contribution < -0.4 is 10.6 Å². The molecular formula is C19H16ClN5O2S2. The smallest absolute Gasteiger partial charge is 0.229 e. The number of anilines is 4. The quantitative estimate of drug-likeness (QED) is 0.449. The molecule has 4 aromatic rings. The zero-order valence-electron chi connectivity index (χ0n) is 15.5. The SMILES string of the molecule is Cc1cnc(Nc2ccc(S(C)(=O)=O)cc2)nc1Nc1nc2ccc(Cl)cc2s1. The maximum Gasteiger partial charge on any atom is 0.229 e. The molecule has 0 radical (unpaired) electrons. The summed E-state index contributed by atoms with van der Waals surface area (Å²) < 4.78 is 24.1. The van der Waals surface area contributed by atoms with Crippen LogP contribution in [0.15, 0.2) is 53.6 Å². The molecule has 0 atom stereocenters. The van der Waals surface area contributed by atoms with E-state index >= 15 is 0 Å². The molecule has 2 aromatic heterocycles. The van der Waals surface area contributed by atoms with Gasteiger partial charge >= 0.3 is 0 Å². The van der Waals surface area contributed by atoms with Gasteiger partial charge in [-0.05, 0) is 49.4 Å². The van der Waals surface area contributed by atoms with Crippen LogP contribution in [0.1, 0.15) is 5.56 Å². The summed E-state index contributed by atoms with van der Waals surface area (Å²) in [4.78, 5) is 13.6. The normalized spacial score (nSPS) is 11.6. The molecule has 0 bridgehead atoms. The van der Waals surface area contributed by atoms with Crippen LogP contribution in [0.5, 0.6) is 0 Å². The van der Waals surface area contributed by atoms with Crippen LogP contribution in [0.25, 0.3) is 10.2 Å². The highest BCUT2D eigenvalue weighted by Crippen LogP contribution is 2.30. The average molecular weight is 446 g/mol. The zero-order chi connectivity index (χ0) is 20.6. The predicted octanol–water partition coefficient (Wildman–Crippen LogP) is 4.94. The van der Waals surface area contributed by atoms with E-state index < -0.39 is 9.84 Å². The Balaban J connectivity index is 1.57. The van der Waals surface area contributed by atoms with E-state index in [1.807, 2.05) is 19.1 Å². The fourth-order valence-electron chi connectivity index (χ4n) is 2.60. The number of fused-ring (bicyclic) bond motifs is 1. The second-order valence-electron chi connectivity index (χ2n) is 6.40. The van der Waals surface area contributed by atoms with E-state index in [0.717, 1.165) is 15.8 Å². The van der Waals surface area contributed by atoms with Crippen LogP contribution in [-0.4, -0.2) is 29.6 Å².